The summed E-state index contributed by atoms with van der Waals surface area (Å²) in [4.78, 5) is 12.2. The maximum absolute atomic E-state index is 12.2. The maximum atomic E-state index is 12.2. The molecule has 2 aromatic heterocycles. The molecule has 18 heavy (non-hydrogen) atoms. The van der Waals surface area contributed by atoms with E-state index in [4.69, 9.17) is 0 Å². The number of thiophene rings is 1. The van der Waals surface area contributed by atoms with Crippen LogP contribution in [0.2, 0.25) is 0 Å². The van der Waals surface area contributed by atoms with Gasteiger partial charge in [-0.15, -0.1) is 11.3 Å². The van der Waals surface area contributed by atoms with E-state index in [0.29, 0.717) is 6.04 Å². The summed E-state index contributed by atoms with van der Waals surface area (Å²) in [6, 6.07) is 4.49. The molecule has 0 bridgehead atoms. The molecule has 4 heteroatoms. The third kappa shape index (κ3) is 2.08. The van der Waals surface area contributed by atoms with Gasteiger partial charge in [0.1, 0.15) is 5.69 Å². The summed E-state index contributed by atoms with van der Waals surface area (Å²) in [6.45, 7) is 2.75. The minimum Gasteiger partial charge on any atom is -0.348 e. The van der Waals surface area contributed by atoms with Crippen LogP contribution in [0, 0.1) is 0 Å². The fourth-order valence-corrected chi connectivity index (χ4v) is 2.88. The van der Waals surface area contributed by atoms with Crippen molar-refractivity contribution in [2.24, 2.45) is 0 Å². The Kier molecular flexibility index (Phi) is 2.96. The van der Waals surface area contributed by atoms with E-state index in [1.807, 2.05) is 19.1 Å². The Balaban J connectivity index is 1.97. The average Bonchev–Trinajstić information content (AvgIpc) is 2.92. The highest BCUT2D eigenvalue weighted by Crippen LogP contribution is 2.26. The van der Waals surface area contributed by atoms with Gasteiger partial charge >= 0.3 is 0 Å². The largest absolute Gasteiger partial charge is 0.348 e. The molecular weight excluding hydrogens is 244 g/mol. The second kappa shape index (κ2) is 4.61. The molecule has 0 unspecified atom stereocenters. The Morgan fingerprint density at radius 2 is 2.44 bits per heavy atom. The van der Waals surface area contributed by atoms with Crippen molar-refractivity contribution < 1.29 is 4.79 Å². The molecule has 1 aliphatic rings. The van der Waals surface area contributed by atoms with E-state index in [9.17, 15) is 4.79 Å². The summed E-state index contributed by atoms with van der Waals surface area (Å²) in [7, 11) is 0. The Labute approximate surface area is 110 Å². The van der Waals surface area contributed by atoms with Gasteiger partial charge in [0.2, 0.25) is 0 Å². The van der Waals surface area contributed by atoms with Crippen molar-refractivity contribution in [2.45, 2.75) is 32.4 Å². The number of hydrogen-bond acceptors (Lipinski definition) is 2. The number of nitrogens with zero attached hydrogens (tertiary/aromatic N) is 1. The fourth-order valence-electron chi connectivity index (χ4n) is 2.06. The van der Waals surface area contributed by atoms with Gasteiger partial charge in [0.05, 0.1) is 10.2 Å². The fraction of sp³-hybridized carbons (Fsp3) is 0.357. The number of hydrogen-bond donors (Lipinski definition) is 1. The second-order valence-electron chi connectivity index (χ2n) is 4.63. The Bertz CT molecular complexity index is 604. The average molecular weight is 260 g/mol. The molecule has 2 heterocycles. The van der Waals surface area contributed by atoms with E-state index < -0.39 is 0 Å². The molecule has 0 atom stereocenters. The Morgan fingerprint density at radius 3 is 3.17 bits per heavy atom. The molecule has 3 rings (SSSR count). The molecule has 2 aromatic rings. The van der Waals surface area contributed by atoms with Crippen molar-refractivity contribution in [3.8, 4) is 0 Å². The summed E-state index contributed by atoms with van der Waals surface area (Å²) in [6.07, 6.45) is 6.33. The highest BCUT2D eigenvalue weighted by atomic mass is 32.1. The van der Waals surface area contributed by atoms with Gasteiger partial charge < -0.3 is 9.88 Å². The van der Waals surface area contributed by atoms with Crippen molar-refractivity contribution in [3.63, 3.8) is 0 Å². The van der Waals surface area contributed by atoms with Crippen LogP contribution in [0.5, 0.6) is 0 Å². The number of carbonyl (C=O) groups excluding carboxylic acids is 1. The van der Waals surface area contributed by atoms with Gasteiger partial charge in [0, 0.05) is 12.6 Å². The van der Waals surface area contributed by atoms with Crippen LogP contribution in [-0.2, 0) is 6.54 Å². The maximum Gasteiger partial charge on any atom is 0.268 e. The van der Waals surface area contributed by atoms with Crippen LogP contribution in [0.1, 0.15) is 30.3 Å². The van der Waals surface area contributed by atoms with Crippen molar-refractivity contribution in [2.75, 3.05) is 0 Å². The third-order valence-electron chi connectivity index (χ3n) is 3.19. The van der Waals surface area contributed by atoms with Gasteiger partial charge in [-0.2, -0.15) is 0 Å². The van der Waals surface area contributed by atoms with E-state index in [1.54, 1.807) is 11.3 Å². The number of allylic oxidation sites excluding steroid dienone is 2. The SMILES string of the molecule is CC=CCn1c(C(=O)NC2CC2)cc2sccc21. The van der Waals surface area contributed by atoms with Crippen LogP contribution in [0.3, 0.4) is 0 Å². The number of rotatable bonds is 4. The van der Waals surface area contributed by atoms with Crippen molar-refractivity contribution in [3.05, 3.63) is 35.4 Å². The van der Waals surface area contributed by atoms with Crippen LogP contribution in [-0.4, -0.2) is 16.5 Å². The smallest absolute Gasteiger partial charge is 0.268 e. The molecule has 0 saturated heterocycles. The zero-order valence-electron chi connectivity index (χ0n) is 10.3. The molecule has 0 radical (unpaired) electrons. The summed E-state index contributed by atoms with van der Waals surface area (Å²) >= 11 is 1.68. The lowest BCUT2D eigenvalue weighted by molar-refractivity contribution is 0.0943. The molecular formula is C14H16N2OS. The van der Waals surface area contributed by atoms with Crippen LogP contribution >= 0.6 is 11.3 Å². The van der Waals surface area contributed by atoms with Gasteiger partial charge in [0.25, 0.3) is 5.91 Å². The van der Waals surface area contributed by atoms with E-state index >= 15 is 0 Å². The predicted octanol–water partition coefficient (Wildman–Crippen LogP) is 3.17. The quantitative estimate of drug-likeness (QED) is 0.842. The third-order valence-corrected chi connectivity index (χ3v) is 4.04. The Morgan fingerprint density at radius 1 is 1.61 bits per heavy atom. The highest BCUT2D eigenvalue weighted by molar-refractivity contribution is 7.17. The van der Waals surface area contributed by atoms with Crippen molar-refractivity contribution in [1.29, 1.82) is 0 Å². The van der Waals surface area contributed by atoms with E-state index in [2.05, 4.69) is 27.4 Å². The first-order valence-corrected chi connectivity index (χ1v) is 7.16. The molecule has 0 aliphatic heterocycles. The minimum atomic E-state index is 0.0606. The molecule has 1 fully saturated rings. The highest BCUT2D eigenvalue weighted by Gasteiger charge is 2.25. The molecule has 94 valence electrons. The van der Waals surface area contributed by atoms with Crippen LogP contribution in [0.15, 0.2) is 29.7 Å². The summed E-state index contributed by atoms with van der Waals surface area (Å²) in [5.41, 5.74) is 1.93. The first kappa shape index (κ1) is 11.5. The van der Waals surface area contributed by atoms with Gasteiger partial charge in [0.15, 0.2) is 0 Å². The van der Waals surface area contributed by atoms with Crippen LogP contribution in [0.4, 0.5) is 0 Å². The number of carbonyl (C=O) groups is 1. The molecule has 1 saturated carbocycles. The van der Waals surface area contributed by atoms with Crippen molar-refractivity contribution in [1.82, 2.24) is 9.88 Å². The molecule has 1 N–H and O–H groups in total. The standard InChI is InChI=1S/C14H16N2OS/c1-2-3-7-16-11-6-8-18-13(11)9-12(16)14(17)15-10-4-5-10/h2-3,6,8-10H,4-5,7H2,1H3,(H,15,17). The molecule has 3 nitrogen and oxygen atoms in total. The minimum absolute atomic E-state index is 0.0606. The molecule has 1 amide bonds. The zero-order valence-corrected chi connectivity index (χ0v) is 11.2. The van der Waals surface area contributed by atoms with E-state index in [0.717, 1.165) is 30.6 Å². The van der Waals surface area contributed by atoms with E-state index in [1.165, 1.54) is 4.70 Å². The number of aromatic nitrogens is 1. The van der Waals surface area contributed by atoms with Crippen molar-refractivity contribution >= 4 is 27.5 Å². The van der Waals surface area contributed by atoms with E-state index in [-0.39, 0.29) is 5.91 Å². The van der Waals surface area contributed by atoms with Crippen LogP contribution in [0.25, 0.3) is 10.2 Å². The van der Waals surface area contributed by atoms with Gasteiger partial charge in [-0.1, -0.05) is 12.2 Å². The lowest BCUT2D eigenvalue weighted by Gasteiger charge is -2.08. The van der Waals surface area contributed by atoms with Crippen LogP contribution < -0.4 is 5.32 Å². The lowest BCUT2D eigenvalue weighted by atomic mass is 10.4. The molecule has 0 spiro atoms. The monoisotopic (exact) mass is 260 g/mol. The predicted molar refractivity (Wildman–Crippen MR) is 75.1 cm³/mol. The topological polar surface area (TPSA) is 34.0 Å². The summed E-state index contributed by atoms with van der Waals surface area (Å²) in [5, 5.41) is 5.13. The number of nitrogens with one attached hydrogen (secondary N) is 1. The first-order valence-electron chi connectivity index (χ1n) is 6.28. The molecule has 1 aliphatic carbocycles. The van der Waals surface area contributed by atoms with Gasteiger partial charge in [-0.05, 0) is 37.3 Å². The lowest BCUT2D eigenvalue weighted by Crippen LogP contribution is -2.27. The summed E-state index contributed by atoms with van der Waals surface area (Å²) in [5.74, 6) is 0.0606. The van der Waals surface area contributed by atoms with Gasteiger partial charge in [-0.25, -0.2) is 0 Å². The second-order valence-corrected chi connectivity index (χ2v) is 5.57. The summed E-state index contributed by atoms with van der Waals surface area (Å²) < 4.78 is 3.27. The first-order chi connectivity index (χ1) is 8.79. The Hall–Kier alpha value is -1.55. The van der Waals surface area contributed by atoms with Gasteiger partial charge in [-0.3, -0.25) is 4.79 Å². The normalized spacial score (nSPS) is 15.6. The zero-order chi connectivity index (χ0) is 12.5. The molecule has 0 aromatic carbocycles. The number of fused-ring (bicyclic) bond motifs is 1. The number of amides is 1.